The van der Waals surface area contributed by atoms with Crippen molar-refractivity contribution in [1.29, 1.82) is 0 Å². The summed E-state index contributed by atoms with van der Waals surface area (Å²) in [5, 5.41) is 23.7. The molecule has 0 bridgehead atoms. The van der Waals surface area contributed by atoms with Crippen molar-refractivity contribution >= 4 is 5.69 Å². The van der Waals surface area contributed by atoms with Crippen LogP contribution >= 0.6 is 0 Å². The van der Waals surface area contributed by atoms with Crippen LogP contribution in [-0.2, 0) is 6.18 Å². The number of halogens is 3. The SMILES string of the molecule is CC(O)c1ccc(-n2ccc(C(F)(F)F)n2)c([N+](=O)[O-])c1. The second-order valence-corrected chi connectivity index (χ2v) is 4.32. The largest absolute Gasteiger partial charge is 0.435 e. The lowest BCUT2D eigenvalue weighted by Gasteiger charge is -2.08. The van der Waals surface area contributed by atoms with Crippen molar-refractivity contribution in [2.24, 2.45) is 0 Å². The van der Waals surface area contributed by atoms with E-state index in [2.05, 4.69) is 5.10 Å². The summed E-state index contributed by atoms with van der Waals surface area (Å²) in [6.45, 7) is 1.43. The lowest BCUT2D eigenvalue weighted by Crippen LogP contribution is -2.08. The van der Waals surface area contributed by atoms with Gasteiger partial charge in [0, 0.05) is 12.3 Å². The van der Waals surface area contributed by atoms with Crippen molar-refractivity contribution in [3.05, 3.63) is 51.8 Å². The first-order chi connectivity index (χ1) is 9.70. The number of alkyl halides is 3. The van der Waals surface area contributed by atoms with Crippen LogP contribution in [0, 0.1) is 10.1 Å². The van der Waals surface area contributed by atoms with E-state index in [0.29, 0.717) is 0 Å². The molecule has 0 saturated carbocycles. The molecular weight excluding hydrogens is 291 g/mol. The maximum Gasteiger partial charge on any atom is 0.435 e. The van der Waals surface area contributed by atoms with E-state index in [1.54, 1.807) is 0 Å². The fraction of sp³-hybridized carbons (Fsp3) is 0.250. The third-order valence-corrected chi connectivity index (χ3v) is 2.80. The Morgan fingerprint density at radius 1 is 1.38 bits per heavy atom. The number of aromatic nitrogens is 2. The summed E-state index contributed by atoms with van der Waals surface area (Å²) in [6, 6.07) is 4.47. The van der Waals surface area contributed by atoms with Gasteiger partial charge in [0.05, 0.1) is 11.0 Å². The molecule has 0 radical (unpaired) electrons. The molecule has 0 spiro atoms. The summed E-state index contributed by atoms with van der Waals surface area (Å²) in [4.78, 5) is 10.3. The third-order valence-electron chi connectivity index (χ3n) is 2.80. The molecule has 112 valence electrons. The van der Waals surface area contributed by atoms with E-state index < -0.39 is 28.6 Å². The number of rotatable bonds is 3. The molecule has 0 amide bonds. The highest BCUT2D eigenvalue weighted by Crippen LogP contribution is 2.30. The van der Waals surface area contributed by atoms with Crippen LogP contribution in [0.15, 0.2) is 30.5 Å². The van der Waals surface area contributed by atoms with E-state index in [1.807, 2.05) is 0 Å². The van der Waals surface area contributed by atoms with Gasteiger partial charge in [0.1, 0.15) is 5.69 Å². The van der Waals surface area contributed by atoms with Gasteiger partial charge in [0.25, 0.3) is 5.69 Å². The average Bonchev–Trinajstić information content (AvgIpc) is 2.87. The fourth-order valence-electron chi connectivity index (χ4n) is 1.75. The summed E-state index contributed by atoms with van der Waals surface area (Å²) in [5.74, 6) is 0. The van der Waals surface area contributed by atoms with Crippen LogP contribution < -0.4 is 0 Å². The number of benzene rings is 1. The van der Waals surface area contributed by atoms with E-state index in [0.717, 1.165) is 23.0 Å². The lowest BCUT2D eigenvalue weighted by molar-refractivity contribution is -0.384. The fourth-order valence-corrected chi connectivity index (χ4v) is 1.75. The smallest absolute Gasteiger partial charge is 0.389 e. The zero-order valence-corrected chi connectivity index (χ0v) is 10.7. The molecular formula is C12H10F3N3O3. The first kappa shape index (κ1) is 15.0. The molecule has 1 N–H and O–H groups in total. The van der Waals surface area contributed by atoms with Gasteiger partial charge in [0.2, 0.25) is 0 Å². The van der Waals surface area contributed by atoms with Crippen LogP contribution in [0.2, 0.25) is 0 Å². The minimum atomic E-state index is -4.63. The predicted molar refractivity (Wildman–Crippen MR) is 65.9 cm³/mol. The van der Waals surface area contributed by atoms with Gasteiger partial charge < -0.3 is 5.11 Å². The normalized spacial score (nSPS) is 13.2. The number of nitro groups is 1. The van der Waals surface area contributed by atoms with Gasteiger partial charge in [-0.15, -0.1) is 0 Å². The summed E-state index contributed by atoms with van der Waals surface area (Å²) < 4.78 is 38.3. The van der Waals surface area contributed by atoms with Crippen LogP contribution in [0.1, 0.15) is 24.3 Å². The summed E-state index contributed by atoms with van der Waals surface area (Å²) in [6.07, 6.45) is -4.56. The average molecular weight is 301 g/mol. The van der Waals surface area contributed by atoms with E-state index in [1.165, 1.54) is 19.1 Å². The molecule has 1 aromatic heterocycles. The minimum absolute atomic E-state index is 0.111. The molecule has 21 heavy (non-hydrogen) atoms. The maximum absolute atomic E-state index is 12.5. The van der Waals surface area contributed by atoms with E-state index >= 15 is 0 Å². The highest BCUT2D eigenvalue weighted by molar-refractivity contribution is 5.54. The Labute approximate surface area is 116 Å². The maximum atomic E-state index is 12.5. The summed E-state index contributed by atoms with van der Waals surface area (Å²) in [7, 11) is 0. The highest BCUT2D eigenvalue weighted by Gasteiger charge is 2.34. The number of aliphatic hydroxyl groups excluding tert-OH is 1. The molecule has 0 aliphatic carbocycles. The summed E-state index contributed by atoms with van der Waals surface area (Å²) >= 11 is 0. The topological polar surface area (TPSA) is 81.2 Å². The quantitative estimate of drug-likeness (QED) is 0.698. The van der Waals surface area contributed by atoms with Crippen LogP contribution in [-0.4, -0.2) is 19.8 Å². The Morgan fingerprint density at radius 3 is 2.52 bits per heavy atom. The summed E-state index contributed by atoms with van der Waals surface area (Å²) in [5.41, 5.74) is -1.41. The van der Waals surface area contributed by atoms with Gasteiger partial charge in [-0.25, -0.2) is 4.68 Å². The number of hydrogen-bond donors (Lipinski definition) is 1. The van der Waals surface area contributed by atoms with Gasteiger partial charge in [0.15, 0.2) is 5.69 Å². The monoisotopic (exact) mass is 301 g/mol. The predicted octanol–water partition coefficient (Wildman–Crippen LogP) is 2.85. The molecule has 9 heteroatoms. The number of aliphatic hydroxyl groups is 1. The molecule has 0 saturated heterocycles. The van der Waals surface area contributed by atoms with Crippen LogP contribution in [0.5, 0.6) is 0 Å². The molecule has 1 heterocycles. The number of nitrogens with zero attached hydrogens (tertiary/aromatic N) is 3. The second-order valence-electron chi connectivity index (χ2n) is 4.32. The zero-order valence-electron chi connectivity index (χ0n) is 10.7. The third kappa shape index (κ3) is 3.02. The van der Waals surface area contributed by atoms with Gasteiger partial charge in [-0.2, -0.15) is 18.3 Å². The highest BCUT2D eigenvalue weighted by atomic mass is 19.4. The van der Waals surface area contributed by atoms with Crippen LogP contribution in [0.3, 0.4) is 0 Å². The van der Waals surface area contributed by atoms with E-state index in [-0.39, 0.29) is 11.3 Å². The van der Waals surface area contributed by atoms with Crippen molar-refractivity contribution in [2.75, 3.05) is 0 Å². The van der Waals surface area contributed by atoms with Crippen molar-refractivity contribution in [3.8, 4) is 5.69 Å². The van der Waals surface area contributed by atoms with E-state index in [4.69, 9.17) is 0 Å². The van der Waals surface area contributed by atoms with E-state index in [9.17, 15) is 28.4 Å². The van der Waals surface area contributed by atoms with Gasteiger partial charge >= 0.3 is 6.18 Å². The number of nitro benzene ring substituents is 1. The molecule has 6 nitrogen and oxygen atoms in total. The Morgan fingerprint density at radius 2 is 2.05 bits per heavy atom. The Kier molecular flexibility index (Phi) is 3.69. The Hall–Kier alpha value is -2.42. The Bertz CT molecular complexity index is 680. The van der Waals surface area contributed by atoms with Gasteiger partial charge in [-0.05, 0) is 24.6 Å². The molecule has 0 aliphatic heterocycles. The molecule has 0 fully saturated rings. The second kappa shape index (κ2) is 5.17. The van der Waals surface area contributed by atoms with Crippen molar-refractivity contribution < 1.29 is 23.2 Å². The van der Waals surface area contributed by atoms with Gasteiger partial charge in [-0.3, -0.25) is 10.1 Å². The van der Waals surface area contributed by atoms with Crippen molar-refractivity contribution in [3.63, 3.8) is 0 Å². The minimum Gasteiger partial charge on any atom is -0.389 e. The van der Waals surface area contributed by atoms with Crippen molar-refractivity contribution in [2.45, 2.75) is 19.2 Å². The molecule has 1 aromatic carbocycles. The first-order valence-corrected chi connectivity index (χ1v) is 5.80. The number of hydrogen-bond acceptors (Lipinski definition) is 4. The molecule has 1 atom stereocenters. The first-order valence-electron chi connectivity index (χ1n) is 5.80. The standard InChI is InChI=1S/C12H10F3N3O3/c1-7(19)8-2-3-9(10(6-8)18(20)21)17-5-4-11(16-17)12(13,14)15/h2-7,19H,1H3. The van der Waals surface area contributed by atoms with Crippen molar-refractivity contribution in [1.82, 2.24) is 9.78 Å². The molecule has 2 aromatic rings. The van der Waals surface area contributed by atoms with Crippen LogP contribution in [0.25, 0.3) is 5.69 Å². The van der Waals surface area contributed by atoms with Crippen LogP contribution in [0.4, 0.5) is 18.9 Å². The Balaban J connectivity index is 2.53. The molecule has 2 rings (SSSR count). The van der Waals surface area contributed by atoms with Gasteiger partial charge in [-0.1, -0.05) is 6.07 Å². The molecule has 0 aliphatic rings. The zero-order chi connectivity index (χ0) is 15.8. The molecule has 1 unspecified atom stereocenters. The lowest BCUT2D eigenvalue weighted by atomic mass is 10.1.